The average Bonchev–Trinajstić information content (AvgIpc) is 3.09. The first-order chi connectivity index (χ1) is 16.2. The van der Waals surface area contributed by atoms with E-state index in [-0.39, 0.29) is 28.9 Å². The van der Waals surface area contributed by atoms with Crippen LogP contribution in [0, 0.1) is 11.3 Å². The van der Waals surface area contributed by atoms with E-state index in [4.69, 9.17) is 25.5 Å². The summed E-state index contributed by atoms with van der Waals surface area (Å²) in [5.74, 6) is 0.253. The monoisotopic (exact) mass is 508 g/mol. The first kappa shape index (κ1) is 28.2. The summed E-state index contributed by atoms with van der Waals surface area (Å²) in [6, 6.07) is 10.4. The molecule has 5 heteroatoms. The molecule has 1 spiro atoms. The summed E-state index contributed by atoms with van der Waals surface area (Å²) in [6.07, 6.45) is 7.59. The van der Waals surface area contributed by atoms with Crippen LogP contribution in [0.25, 0.3) is 0 Å². The molecule has 0 unspecified atom stereocenters. The fraction of sp³-hybridized carbons (Fsp3) is 0.793. The highest BCUT2D eigenvalue weighted by molar-refractivity contribution is 6.77. The number of hydrogen-bond donors (Lipinski definition) is 0. The summed E-state index contributed by atoms with van der Waals surface area (Å²) in [5, 5.41) is -0.0779. The number of hydrogen-bond acceptors (Lipinski definition) is 3. The molecular weight excluding hydrogens is 460 g/mol. The smallest absolute Gasteiger partial charge is 0.200 e. The second kappa shape index (κ2) is 12.2. The molecule has 1 aromatic rings. The Labute approximate surface area is 215 Å². The molecule has 0 bridgehead atoms. The molecule has 0 aliphatic heterocycles. The van der Waals surface area contributed by atoms with E-state index in [0.29, 0.717) is 29.8 Å². The highest BCUT2D eigenvalue weighted by atomic mass is 35.5. The topological polar surface area (TPSA) is 27.7 Å². The molecule has 3 nitrogen and oxygen atoms in total. The summed E-state index contributed by atoms with van der Waals surface area (Å²) >= 11 is 7.20. The van der Waals surface area contributed by atoms with Crippen LogP contribution in [0.5, 0.6) is 0 Å². The Morgan fingerprint density at radius 2 is 1.53 bits per heavy atom. The van der Waals surface area contributed by atoms with Crippen LogP contribution >= 0.6 is 11.6 Å². The SMILES string of the molecule is CO[C@H]1C[C@@H]([C@@H](Cl)COCc2ccccc2)[C@H](O[Si](C(C)C)(C(C)C)C(C)C)C12CCCCC2. The van der Waals surface area contributed by atoms with Gasteiger partial charge in [0.2, 0.25) is 8.32 Å². The summed E-state index contributed by atoms with van der Waals surface area (Å²) in [4.78, 5) is 0. The van der Waals surface area contributed by atoms with Crippen LogP contribution in [0.3, 0.4) is 0 Å². The van der Waals surface area contributed by atoms with Gasteiger partial charge in [0, 0.05) is 18.4 Å². The number of halogens is 1. The number of rotatable bonds is 11. The van der Waals surface area contributed by atoms with Crippen molar-refractivity contribution >= 4 is 19.9 Å². The van der Waals surface area contributed by atoms with Gasteiger partial charge in [-0.1, -0.05) is 91.1 Å². The van der Waals surface area contributed by atoms with Crippen LogP contribution < -0.4 is 0 Å². The molecule has 0 aromatic heterocycles. The van der Waals surface area contributed by atoms with Gasteiger partial charge in [0.15, 0.2) is 0 Å². The molecule has 1 aromatic carbocycles. The van der Waals surface area contributed by atoms with Crippen LogP contribution in [-0.4, -0.2) is 39.6 Å². The standard InChI is InChI=1S/C29H49ClO3Si/c1-21(2)34(22(3)4,23(5)6)33-28-25(18-27(31-7)29(28)16-12-9-13-17-29)26(30)20-32-19-24-14-10-8-11-15-24/h8,10-11,14-15,21-23,25-28H,9,12-13,16-20H2,1-7H3/t25-,26-,27-,28-/m0/s1. The summed E-state index contributed by atoms with van der Waals surface area (Å²) in [7, 11) is -0.175. The van der Waals surface area contributed by atoms with Gasteiger partial charge in [-0.05, 0) is 41.4 Å². The minimum absolute atomic E-state index is 0.0779. The molecule has 0 radical (unpaired) electrons. The van der Waals surface area contributed by atoms with Crippen molar-refractivity contribution in [2.24, 2.45) is 11.3 Å². The van der Waals surface area contributed by atoms with Crippen LogP contribution in [0.15, 0.2) is 30.3 Å². The molecule has 2 aliphatic carbocycles. The Hall–Kier alpha value is -0.393. The summed E-state index contributed by atoms with van der Waals surface area (Å²) in [5.41, 5.74) is 2.94. The van der Waals surface area contributed by atoms with Gasteiger partial charge in [-0.25, -0.2) is 0 Å². The highest BCUT2D eigenvalue weighted by Gasteiger charge is 2.60. The molecule has 4 atom stereocenters. The zero-order chi connectivity index (χ0) is 24.9. The molecule has 0 N–H and O–H groups in total. The van der Waals surface area contributed by atoms with Gasteiger partial charge in [0.05, 0.1) is 30.8 Å². The first-order valence-electron chi connectivity index (χ1n) is 13.6. The van der Waals surface area contributed by atoms with Gasteiger partial charge in [-0.15, -0.1) is 11.6 Å². The molecule has 2 saturated carbocycles. The maximum atomic E-state index is 7.63. The lowest BCUT2D eigenvalue weighted by Crippen LogP contribution is -2.56. The molecular formula is C29H49ClO3Si. The largest absolute Gasteiger partial charge is 0.412 e. The van der Waals surface area contributed by atoms with Crippen LogP contribution in [-0.2, 0) is 20.5 Å². The van der Waals surface area contributed by atoms with E-state index in [0.717, 1.165) is 6.42 Å². The van der Waals surface area contributed by atoms with Crippen molar-refractivity contribution in [3.8, 4) is 0 Å². The van der Waals surface area contributed by atoms with Crippen molar-refractivity contribution in [3.05, 3.63) is 35.9 Å². The maximum Gasteiger partial charge on any atom is 0.200 e. The van der Waals surface area contributed by atoms with Crippen molar-refractivity contribution < 1.29 is 13.9 Å². The molecule has 34 heavy (non-hydrogen) atoms. The third-order valence-corrected chi connectivity index (χ3v) is 15.6. The zero-order valence-corrected chi connectivity index (χ0v) is 24.4. The lowest BCUT2D eigenvalue weighted by molar-refractivity contribution is -0.0689. The molecule has 2 fully saturated rings. The minimum Gasteiger partial charge on any atom is -0.412 e. The van der Waals surface area contributed by atoms with E-state index in [9.17, 15) is 0 Å². The molecule has 2 aliphatic rings. The third-order valence-electron chi connectivity index (χ3n) is 9.04. The molecule has 0 amide bonds. The van der Waals surface area contributed by atoms with E-state index >= 15 is 0 Å². The molecule has 194 valence electrons. The third kappa shape index (κ3) is 5.62. The van der Waals surface area contributed by atoms with Gasteiger partial charge >= 0.3 is 0 Å². The molecule has 0 heterocycles. The number of ether oxygens (including phenoxy) is 2. The number of alkyl halides is 1. The lowest BCUT2D eigenvalue weighted by Gasteiger charge is -2.51. The number of methoxy groups -OCH3 is 1. The maximum absolute atomic E-state index is 7.63. The van der Waals surface area contributed by atoms with Crippen molar-refractivity contribution in [2.45, 2.75) is 121 Å². The van der Waals surface area contributed by atoms with Crippen molar-refractivity contribution in [3.63, 3.8) is 0 Å². The van der Waals surface area contributed by atoms with Gasteiger partial charge in [0.1, 0.15) is 0 Å². The minimum atomic E-state index is -2.07. The van der Waals surface area contributed by atoms with Crippen molar-refractivity contribution in [1.29, 1.82) is 0 Å². The summed E-state index contributed by atoms with van der Waals surface area (Å²) in [6.45, 7) is 15.5. The van der Waals surface area contributed by atoms with Crippen LogP contribution in [0.4, 0.5) is 0 Å². The normalized spacial score (nSPS) is 26.1. The van der Waals surface area contributed by atoms with Gasteiger partial charge in [-0.3, -0.25) is 0 Å². The lowest BCUT2D eigenvalue weighted by atomic mass is 9.69. The van der Waals surface area contributed by atoms with Crippen LogP contribution in [0.1, 0.15) is 85.6 Å². The first-order valence-corrected chi connectivity index (χ1v) is 16.2. The van der Waals surface area contributed by atoms with E-state index in [1.165, 1.54) is 37.7 Å². The van der Waals surface area contributed by atoms with E-state index in [1.807, 2.05) is 13.2 Å². The second-order valence-electron chi connectivity index (χ2n) is 11.8. The fourth-order valence-corrected chi connectivity index (χ4v) is 13.5. The quantitative estimate of drug-likeness (QED) is 0.222. The average molecular weight is 509 g/mol. The molecule has 0 saturated heterocycles. The van der Waals surface area contributed by atoms with Crippen molar-refractivity contribution in [2.75, 3.05) is 13.7 Å². The highest BCUT2D eigenvalue weighted by Crippen LogP contribution is 2.58. The van der Waals surface area contributed by atoms with Gasteiger partial charge in [-0.2, -0.15) is 0 Å². The van der Waals surface area contributed by atoms with E-state index in [2.05, 4.69) is 65.8 Å². The van der Waals surface area contributed by atoms with Crippen LogP contribution in [0.2, 0.25) is 16.6 Å². The van der Waals surface area contributed by atoms with Gasteiger partial charge in [0.25, 0.3) is 0 Å². The van der Waals surface area contributed by atoms with E-state index < -0.39 is 8.32 Å². The Morgan fingerprint density at radius 3 is 2.06 bits per heavy atom. The number of benzene rings is 1. The van der Waals surface area contributed by atoms with Gasteiger partial charge < -0.3 is 13.9 Å². The van der Waals surface area contributed by atoms with Crippen molar-refractivity contribution in [1.82, 2.24) is 0 Å². The second-order valence-corrected chi connectivity index (χ2v) is 17.8. The predicted molar refractivity (Wildman–Crippen MR) is 146 cm³/mol. The summed E-state index contributed by atoms with van der Waals surface area (Å²) < 4.78 is 20.0. The Bertz CT molecular complexity index is 710. The zero-order valence-electron chi connectivity index (χ0n) is 22.7. The molecule has 3 rings (SSSR count). The predicted octanol–water partition coefficient (Wildman–Crippen LogP) is 8.36. The Morgan fingerprint density at radius 1 is 0.941 bits per heavy atom. The fourth-order valence-electron chi connectivity index (χ4n) is 7.52. The Balaban J connectivity index is 1.88. The van der Waals surface area contributed by atoms with E-state index in [1.54, 1.807) is 0 Å². The Kier molecular flexibility index (Phi) is 10.1.